The maximum atomic E-state index is 12.3. The minimum absolute atomic E-state index is 0.0379. The molecule has 2 aromatic rings. The number of ether oxygens (including phenoxy) is 4. The lowest BCUT2D eigenvalue weighted by Crippen LogP contribution is -2.13. The Balaban J connectivity index is 1.90. The van der Waals surface area contributed by atoms with Crippen LogP contribution < -0.4 is 9.47 Å². The van der Waals surface area contributed by atoms with E-state index < -0.39 is 16.9 Å². The van der Waals surface area contributed by atoms with Crippen LogP contribution in [0.3, 0.4) is 0 Å². The first kappa shape index (κ1) is 22.9. The molecule has 0 atom stereocenters. The summed E-state index contributed by atoms with van der Waals surface area (Å²) in [5.74, 6) is -0.517. The smallest absolute Gasteiger partial charge is 0.363 e. The van der Waals surface area contributed by atoms with Gasteiger partial charge < -0.3 is 18.9 Å². The Morgan fingerprint density at radius 3 is 2.59 bits per heavy atom. The van der Waals surface area contributed by atoms with Crippen molar-refractivity contribution in [3.8, 4) is 11.5 Å². The molecule has 2 aromatic carbocycles. The van der Waals surface area contributed by atoms with Crippen LogP contribution >= 0.6 is 15.9 Å². The Bertz CT molecular complexity index is 1130. The Hall–Kier alpha value is -3.73. The number of aliphatic imine (C=N–C) groups is 1. The van der Waals surface area contributed by atoms with Crippen molar-refractivity contribution in [3.63, 3.8) is 0 Å². The van der Waals surface area contributed by atoms with Crippen LogP contribution in [-0.4, -0.2) is 43.1 Å². The predicted molar refractivity (Wildman–Crippen MR) is 117 cm³/mol. The zero-order valence-corrected chi connectivity index (χ0v) is 18.6. The van der Waals surface area contributed by atoms with Crippen LogP contribution in [0.15, 0.2) is 51.6 Å². The van der Waals surface area contributed by atoms with E-state index in [4.69, 9.17) is 14.2 Å². The van der Waals surface area contributed by atoms with Crippen molar-refractivity contribution in [3.05, 3.63) is 67.8 Å². The van der Waals surface area contributed by atoms with Gasteiger partial charge in [0.25, 0.3) is 5.69 Å². The highest BCUT2D eigenvalue weighted by Crippen LogP contribution is 2.38. The molecule has 1 aliphatic rings. The topological polar surface area (TPSA) is 127 Å². The van der Waals surface area contributed by atoms with Gasteiger partial charge in [0.05, 0.1) is 23.1 Å². The number of nitro benzene ring substituents is 1. The fourth-order valence-corrected chi connectivity index (χ4v) is 3.25. The molecule has 0 saturated heterocycles. The molecule has 3 rings (SSSR count). The third-order valence-electron chi connectivity index (χ3n) is 4.14. The van der Waals surface area contributed by atoms with Gasteiger partial charge in [-0.1, -0.05) is 0 Å². The zero-order chi connectivity index (χ0) is 23.3. The minimum Gasteiger partial charge on any atom is -0.490 e. The molecular formula is C21H17BrN2O8. The van der Waals surface area contributed by atoms with E-state index in [0.29, 0.717) is 33.7 Å². The van der Waals surface area contributed by atoms with E-state index in [9.17, 15) is 19.7 Å². The van der Waals surface area contributed by atoms with Crippen molar-refractivity contribution in [1.82, 2.24) is 0 Å². The van der Waals surface area contributed by atoms with Crippen molar-refractivity contribution in [2.45, 2.75) is 6.92 Å². The van der Waals surface area contributed by atoms with E-state index in [1.807, 2.05) is 0 Å². The van der Waals surface area contributed by atoms with Crippen LogP contribution in [0.4, 0.5) is 5.69 Å². The first-order valence-electron chi connectivity index (χ1n) is 9.25. The average Bonchev–Trinajstić information content (AvgIpc) is 3.13. The van der Waals surface area contributed by atoms with Gasteiger partial charge in [0.1, 0.15) is 0 Å². The Labute approximate surface area is 190 Å². The van der Waals surface area contributed by atoms with Gasteiger partial charge in [0.2, 0.25) is 5.90 Å². The molecule has 0 aliphatic carbocycles. The van der Waals surface area contributed by atoms with Crippen LogP contribution in [0, 0.1) is 10.1 Å². The first-order chi connectivity index (χ1) is 15.3. The normalized spacial score (nSPS) is 14.0. The summed E-state index contributed by atoms with van der Waals surface area (Å²) < 4.78 is 21.3. The number of halogens is 1. The van der Waals surface area contributed by atoms with Crippen molar-refractivity contribution in [1.29, 1.82) is 0 Å². The molecule has 0 N–H and O–H groups in total. The fourth-order valence-electron chi connectivity index (χ4n) is 2.68. The zero-order valence-electron chi connectivity index (χ0n) is 17.0. The number of non-ortho nitro benzene ring substituents is 1. The number of rotatable bonds is 8. The maximum absolute atomic E-state index is 12.3. The molecule has 11 heteroatoms. The maximum Gasteiger partial charge on any atom is 0.363 e. The number of esters is 2. The molecule has 0 fully saturated rings. The minimum atomic E-state index is -0.668. The Morgan fingerprint density at radius 1 is 1.25 bits per heavy atom. The molecule has 0 amide bonds. The molecule has 0 bridgehead atoms. The highest BCUT2D eigenvalue weighted by Gasteiger charge is 2.25. The summed E-state index contributed by atoms with van der Waals surface area (Å²) in [7, 11) is 1.26. The van der Waals surface area contributed by atoms with Crippen LogP contribution in [0.2, 0.25) is 0 Å². The summed E-state index contributed by atoms with van der Waals surface area (Å²) in [6.45, 7) is 1.83. The van der Waals surface area contributed by atoms with Crippen LogP contribution in [-0.2, 0) is 19.1 Å². The lowest BCUT2D eigenvalue weighted by atomic mass is 10.1. The third kappa shape index (κ3) is 5.30. The highest BCUT2D eigenvalue weighted by atomic mass is 79.9. The lowest BCUT2D eigenvalue weighted by Gasteiger charge is -2.14. The van der Waals surface area contributed by atoms with E-state index in [0.717, 1.165) is 0 Å². The Morgan fingerprint density at radius 2 is 1.97 bits per heavy atom. The standard InChI is InChI=1S/C21H17BrN2O8/c1-3-30-17-10-12(8-15(22)19(17)31-11-18(25)29-2)9-16-21(26)32-20(23-16)13-4-6-14(7-5-13)24(27)28/h4-10H,3,11H2,1-2H3/b16-9-. The first-order valence-corrected chi connectivity index (χ1v) is 10.0. The summed E-state index contributed by atoms with van der Waals surface area (Å²) in [4.78, 5) is 38.1. The van der Waals surface area contributed by atoms with E-state index in [2.05, 4.69) is 25.7 Å². The van der Waals surface area contributed by atoms with E-state index >= 15 is 0 Å². The number of methoxy groups -OCH3 is 1. The molecule has 1 heterocycles. The molecule has 0 aromatic heterocycles. The molecule has 0 saturated carbocycles. The second-order valence-electron chi connectivity index (χ2n) is 6.27. The lowest BCUT2D eigenvalue weighted by molar-refractivity contribution is -0.384. The quantitative estimate of drug-likeness (QED) is 0.230. The van der Waals surface area contributed by atoms with Gasteiger partial charge >= 0.3 is 11.9 Å². The molecule has 0 unspecified atom stereocenters. The summed E-state index contributed by atoms with van der Waals surface area (Å²) in [6, 6.07) is 8.78. The van der Waals surface area contributed by atoms with Gasteiger partial charge in [0, 0.05) is 17.7 Å². The van der Waals surface area contributed by atoms with Crippen molar-refractivity contribution >= 4 is 45.5 Å². The monoisotopic (exact) mass is 504 g/mol. The number of benzene rings is 2. The number of carbonyl (C=O) groups excluding carboxylic acids is 2. The van der Waals surface area contributed by atoms with Gasteiger partial charge in [-0.2, -0.15) is 0 Å². The molecule has 166 valence electrons. The fraction of sp³-hybridized carbons (Fsp3) is 0.190. The van der Waals surface area contributed by atoms with Crippen LogP contribution in [0.5, 0.6) is 11.5 Å². The number of nitrogens with zero attached hydrogens (tertiary/aromatic N) is 2. The SMILES string of the molecule is CCOc1cc(/C=C2\N=C(c3ccc([N+](=O)[O-])cc3)OC2=O)cc(Br)c1OCC(=O)OC. The second kappa shape index (κ2) is 10.1. The van der Waals surface area contributed by atoms with E-state index in [1.54, 1.807) is 19.1 Å². The number of cyclic esters (lactones) is 1. The summed E-state index contributed by atoms with van der Waals surface area (Å²) in [5, 5.41) is 10.8. The Kier molecular flexibility index (Phi) is 7.21. The van der Waals surface area contributed by atoms with Crippen LogP contribution in [0.1, 0.15) is 18.1 Å². The highest BCUT2D eigenvalue weighted by molar-refractivity contribution is 9.10. The van der Waals surface area contributed by atoms with Gasteiger partial charge in [0.15, 0.2) is 23.8 Å². The van der Waals surface area contributed by atoms with Gasteiger partial charge in [-0.05, 0) is 58.8 Å². The van der Waals surface area contributed by atoms with Crippen LogP contribution in [0.25, 0.3) is 6.08 Å². The van der Waals surface area contributed by atoms with Gasteiger partial charge in [-0.3, -0.25) is 10.1 Å². The molecule has 0 spiro atoms. The predicted octanol–water partition coefficient (Wildman–Crippen LogP) is 3.65. The van der Waals surface area contributed by atoms with E-state index in [1.165, 1.54) is 37.5 Å². The summed E-state index contributed by atoms with van der Waals surface area (Å²) >= 11 is 3.38. The summed E-state index contributed by atoms with van der Waals surface area (Å²) in [6.07, 6.45) is 1.50. The van der Waals surface area contributed by atoms with Crippen molar-refractivity contribution < 1.29 is 33.5 Å². The number of carbonyl (C=O) groups is 2. The number of hydrogen-bond donors (Lipinski definition) is 0. The molecule has 10 nitrogen and oxygen atoms in total. The van der Waals surface area contributed by atoms with Gasteiger partial charge in [-0.15, -0.1) is 0 Å². The molecular weight excluding hydrogens is 488 g/mol. The van der Waals surface area contributed by atoms with Gasteiger partial charge in [-0.25, -0.2) is 14.6 Å². The van der Waals surface area contributed by atoms with Crippen molar-refractivity contribution in [2.24, 2.45) is 4.99 Å². The number of nitro groups is 1. The number of hydrogen-bond acceptors (Lipinski definition) is 9. The van der Waals surface area contributed by atoms with Crippen molar-refractivity contribution in [2.75, 3.05) is 20.3 Å². The summed E-state index contributed by atoms with van der Waals surface area (Å²) in [5.41, 5.74) is 0.940. The second-order valence-corrected chi connectivity index (χ2v) is 7.12. The largest absolute Gasteiger partial charge is 0.490 e. The molecule has 32 heavy (non-hydrogen) atoms. The molecule has 0 radical (unpaired) electrons. The van der Waals surface area contributed by atoms with E-state index in [-0.39, 0.29) is 23.9 Å². The third-order valence-corrected chi connectivity index (χ3v) is 4.73. The average molecular weight is 505 g/mol. The molecule has 1 aliphatic heterocycles.